The predicted molar refractivity (Wildman–Crippen MR) is 218 cm³/mol. The van der Waals surface area contributed by atoms with E-state index in [9.17, 15) is 19.8 Å². The van der Waals surface area contributed by atoms with Crippen molar-refractivity contribution in [3.05, 3.63) is 94.0 Å². The summed E-state index contributed by atoms with van der Waals surface area (Å²) in [5.74, 6) is -4.50. The van der Waals surface area contributed by atoms with Gasteiger partial charge >= 0.3 is 0 Å². The van der Waals surface area contributed by atoms with Crippen LogP contribution in [0.25, 0.3) is 20.7 Å². The Balaban J connectivity index is 1.14. The number of halogens is 1. The first-order chi connectivity index (χ1) is 27.8. The number of nitrogens with zero attached hydrogens (tertiary/aromatic N) is 4. The summed E-state index contributed by atoms with van der Waals surface area (Å²) in [6.45, 7) is 3.92. The highest BCUT2D eigenvalue weighted by atomic mass is 35.5. The van der Waals surface area contributed by atoms with E-state index in [1.54, 1.807) is 61.7 Å². The van der Waals surface area contributed by atoms with E-state index in [1.165, 1.54) is 34.8 Å². The largest absolute Gasteiger partial charge is 0.508 e. The average molecular weight is 821 g/mol. The normalized spacial score (nSPS) is 25.3. The standard InChI is InChI=1S/C44H41ClN4O8S/c1-21-28-16-23(45)8-13-34(28)58-39(21)31-20-35(47(3)46-31)49-41(53)30-19-29-26(38(44(30,2)43(49)55)37-32(51)17-25(56-4)18-33(37)57-5)11-12-27-36(29)42(54)48(40(27)52)15-14-22-6-9-24(50)10-7-22/h6-11,13,16-18,20,27,29-30,36,38,50-51H,12,14-15,19H2,1-5H3. The summed E-state index contributed by atoms with van der Waals surface area (Å²) in [6.07, 6.45) is 2.75. The lowest BCUT2D eigenvalue weighted by molar-refractivity contribution is -0.140. The van der Waals surface area contributed by atoms with Gasteiger partial charge in [0.25, 0.3) is 0 Å². The van der Waals surface area contributed by atoms with Gasteiger partial charge in [-0.1, -0.05) is 35.4 Å². The lowest BCUT2D eigenvalue weighted by atomic mass is 9.51. The SMILES string of the molecule is COc1cc(O)c(C2C3=CCC4C(=O)N(CCc5ccc(O)cc5)C(=O)C4C3CC3C(=O)N(c4cc(-c5sc6ccc(Cl)cc6c5C)nn4C)C(=O)C32C)c(OC)c1. The number of methoxy groups -OCH3 is 2. The monoisotopic (exact) mass is 820 g/mol. The van der Waals surface area contributed by atoms with Crippen molar-refractivity contribution in [2.75, 3.05) is 25.7 Å². The third-order valence-corrected chi connectivity index (χ3v) is 14.5. The van der Waals surface area contributed by atoms with Gasteiger partial charge in [0.15, 0.2) is 0 Å². The second-order valence-corrected chi connectivity index (χ2v) is 17.4. The Morgan fingerprint density at radius 2 is 1.71 bits per heavy atom. The number of carbonyl (C=O) groups excluding carboxylic acids is 4. The van der Waals surface area contributed by atoms with Crippen molar-refractivity contribution in [1.29, 1.82) is 0 Å². The van der Waals surface area contributed by atoms with Gasteiger partial charge < -0.3 is 19.7 Å². The summed E-state index contributed by atoms with van der Waals surface area (Å²) in [4.78, 5) is 62.2. The Morgan fingerprint density at radius 3 is 2.43 bits per heavy atom. The fraction of sp³-hybridized carbons (Fsp3) is 0.341. The van der Waals surface area contributed by atoms with Gasteiger partial charge in [-0.2, -0.15) is 5.10 Å². The second-order valence-electron chi connectivity index (χ2n) is 15.9. The average Bonchev–Trinajstić information content (AvgIpc) is 3.87. The smallest absolute Gasteiger partial charge is 0.242 e. The van der Waals surface area contributed by atoms with Crippen LogP contribution >= 0.6 is 22.9 Å². The minimum absolute atomic E-state index is 0.124. The van der Waals surface area contributed by atoms with Crippen molar-refractivity contribution < 1.29 is 38.9 Å². The van der Waals surface area contributed by atoms with Crippen LogP contribution in [0.4, 0.5) is 5.82 Å². The van der Waals surface area contributed by atoms with E-state index < -0.39 is 46.8 Å². The molecule has 1 saturated carbocycles. The van der Waals surface area contributed by atoms with Crippen LogP contribution < -0.4 is 14.4 Å². The second kappa shape index (κ2) is 13.7. The quantitative estimate of drug-likeness (QED) is 0.123. The number of fused-ring (bicyclic) bond motifs is 5. The number of hydrogen-bond acceptors (Lipinski definition) is 10. The number of allylic oxidation sites excluding steroid dienone is 2. The lowest BCUT2D eigenvalue weighted by Gasteiger charge is -2.49. The zero-order valence-corrected chi connectivity index (χ0v) is 34.1. The minimum Gasteiger partial charge on any atom is -0.508 e. The Hall–Kier alpha value is -5.66. The number of phenols is 2. The maximum atomic E-state index is 15.3. The molecule has 3 aromatic carbocycles. The van der Waals surface area contributed by atoms with E-state index in [0.29, 0.717) is 39.8 Å². The molecule has 4 aliphatic rings. The maximum Gasteiger partial charge on any atom is 0.242 e. The van der Waals surface area contributed by atoms with Crippen LogP contribution in [0.15, 0.2) is 72.3 Å². The number of amides is 4. The molecule has 4 amide bonds. The van der Waals surface area contributed by atoms with Crippen LogP contribution in [0.2, 0.25) is 5.02 Å². The highest BCUT2D eigenvalue weighted by molar-refractivity contribution is 7.22. The number of rotatable bonds is 8. The number of anilines is 1. The summed E-state index contributed by atoms with van der Waals surface area (Å²) in [5, 5.41) is 27.9. The number of benzene rings is 3. The Kier molecular flexibility index (Phi) is 8.97. The number of phenolic OH excluding ortho intramolecular Hbond substituents is 2. The highest BCUT2D eigenvalue weighted by Crippen LogP contribution is 2.65. The van der Waals surface area contributed by atoms with Crippen molar-refractivity contribution in [2.45, 2.75) is 39.0 Å². The van der Waals surface area contributed by atoms with Crippen molar-refractivity contribution in [1.82, 2.24) is 14.7 Å². The first-order valence-electron chi connectivity index (χ1n) is 19.2. The molecule has 6 unspecified atom stereocenters. The Labute approximate surface area is 343 Å². The Morgan fingerprint density at radius 1 is 0.948 bits per heavy atom. The van der Waals surface area contributed by atoms with E-state index in [1.807, 2.05) is 31.2 Å². The molecule has 58 heavy (non-hydrogen) atoms. The van der Waals surface area contributed by atoms with Crippen LogP contribution in [-0.4, -0.2) is 69.3 Å². The number of carbonyl (C=O) groups is 4. The van der Waals surface area contributed by atoms with Gasteiger partial charge in [0.1, 0.15) is 34.5 Å². The fourth-order valence-corrected chi connectivity index (χ4v) is 11.4. The summed E-state index contributed by atoms with van der Waals surface area (Å²) < 4.78 is 13.9. The third kappa shape index (κ3) is 5.49. The van der Waals surface area contributed by atoms with E-state index >= 15 is 9.59 Å². The molecule has 2 saturated heterocycles. The molecule has 3 fully saturated rings. The molecule has 5 aromatic rings. The van der Waals surface area contributed by atoms with Gasteiger partial charge in [-0.15, -0.1) is 11.3 Å². The van der Waals surface area contributed by atoms with Crippen molar-refractivity contribution in [3.63, 3.8) is 0 Å². The molecule has 2 aromatic heterocycles. The first kappa shape index (κ1) is 37.9. The Bertz CT molecular complexity index is 2620. The van der Waals surface area contributed by atoms with Gasteiger partial charge in [-0.3, -0.25) is 28.8 Å². The summed E-state index contributed by atoms with van der Waals surface area (Å²) >= 11 is 7.88. The number of aromatic hydroxyl groups is 2. The molecule has 0 radical (unpaired) electrons. The molecule has 2 aliphatic carbocycles. The molecular formula is C44H41ClN4O8S. The number of imide groups is 2. The number of aryl methyl sites for hydroxylation is 2. The fourth-order valence-electron chi connectivity index (χ4n) is 10.1. The molecule has 2 N–H and O–H groups in total. The predicted octanol–water partition coefficient (Wildman–Crippen LogP) is 7.17. The van der Waals surface area contributed by atoms with Gasteiger partial charge in [0.2, 0.25) is 23.6 Å². The summed E-state index contributed by atoms with van der Waals surface area (Å²) in [6, 6.07) is 17.2. The number of aromatic nitrogens is 2. The van der Waals surface area contributed by atoms with Crippen LogP contribution in [0.1, 0.15) is 42.4 Å². The topological polar surface area (TPSA) is 151 Å². The number of ether oxygens (including phenoxy) is 2. The number of likely N-dealkylation sites (tertiary alicyclic amines) is 1. The van der Waals surface area contributed by atoms with Crippen LogP contribution in [-0.2, 0) is 32.6 Å². The van der Waals surface area contributed by atoms with Gasteiger partial charge in [0, 0.05) is 53.0 Å². The maximum absolute atomic E-state index is 15.3. The molecule has 4 heterocycles. The summed E-state index contributed by atoms with van der Waals surface area (Å²) in [7, 11) is 4.63. The van der Waals surface area contributed by atoms with Crippen molar-refractivity contribution in [3.8, 4) is 33.6 Å². The van der Waals surface area contributed by atoms with Gasteiger partial charge in [-0.05, 0) is 85.9 Å². The van der Waals surface area contributed by atoms with Crippen molar-refractivity contribution in [2.24, 2.45) is 36.1 Å². The van der Waals surface area contributed by atoms with E-state index in [4.69, 9.17) is 26.2 Å². The zero-order chi connectivity index (χ0) is 40.9. The summed E-state index contributed by atoms with van der Waals surface area (Å²) in [5.41, 5.74) is 2.02. The number of thiophene rings is 1. The molecule has 9 rings (SSSR count). The third-order valence-electron chi connectivity index (χ3n) is 13.0. The van der Waals surface area contributed by atoms with E-state index in [0.717, 1.165) is 26.1 Å². The zero-order valence-electron chi connectivity index (χ0n) is 32.5. The minimum atomic E-state index is -1.44. The lowest BCUT2D eigenvalue weighted by Crippen LogP contribution is -2.49. The molecule has 12 nitrogen and oxygen atoms in total. The van der Waals surface area contributed by atoms with Gasteiger partial charge in [0.05, 0.1) is 42.3 Å². The molecule has 0 bridgehead atoms. The molecule has 0 spiro atoms. The molecule has 6 atom stereocenters. The highest BCUT2D eigenvalue weighted by Gasteiger charge is 2.68. The molecule has 2 aliphatic heterocycles. The molecular weight excluding hydrogens is 780 g/mol. The van der Waals surface area contributed by atoms with E-state index in [-0.39, 0.29) is 48.4 Å². The first-order valence-corrected chi connectivity index (χ1v) is 20.4. The van der Waals surface area contributed by atoms with Gasteiger partial charge in [-0.25, -0.2) is 4.90 Å². The van der Waals surface area contributed by atoms with Crippen LogP contribution in [0.5, 0.6) is 23.0 Å². The van der Waals surface area contributed by atoms with Crippen molar-refractivity contribution >= 4 is 62.5 Å². The number of hydrogen-bond donors (Lipinski definition) is 2. The molecule has 298 valence electrons. The van der Waals surface area contributed by atoms with Crippen LogP contribution in [0.3, 0.4) is 0 Å². The van der Waals surface area contributed by atoms with Crippen LogP contribution in [0, 0.1) is 36.0 Å². The van der Waals surface area contributed by atoms with E-state index in [2.05, 4.69) is 0 Å². The molecule has 14 heteroatoms.